The molecular formula is C16H14Cl2N2O4S. The molecule has 1 amide bonds. The molecule has 2 aromatic carbocycles. The lowest BCUT2D eigenvalue weighted by atomic mass is 10.2. The van der Waals surface area contributed by atoms with Crippen LogP contribution in [0.5, 0.6) is 5.75 Å². The summed E-state index contributed by atoms with van der Waals surface area (Å²) in [5, 5.41) is 2.48. The number of likely N-dealkylation sites (N-methyl/N-ethyl adjacent to an activating group) is 1. The van der Waals surface area contributed by atoms with Crippen LogP contribution in [-0.2, 0) is 14.8 Å². The van der Waals surface area contributed by atoms with Crippen LogP contribution in [0.15, 0.2) is 47.4 Å². The van der Waals surface area contributed by atoms with Gasteiger partial charge in [0.1, 0.15) is 10.6 Å². The minimum atomic E-state index is -4.10. The Morgan fingerprint density at radius 1 is 1.16 bits per heavy atom. The summed E-state index contributed by atoms with van der Waals surface area (Å²) < 4.78 is 33.2. The molecule has 1 unspecified atom stereocenters. The van der Waals surface area contributed by atoms with Crippen molar-refractivity contribution >= 4 is 44.8 Å². The average Bonchev–Trinajstić information content (AvgIpc) is 2.59. The van der Waals surface area contributed by atoms with Gasteiger partial charge >= 0.3 is 0 Å². The third-order valence-electron chi connectivity index (χ3n) is 3.74. The lowest BCUT2D eigenvalue weighted by Crippen LogP contribution is -2.50. The molecule has 1 atom stereocenters. The number of para-hydroxylation sites is 2. The molecule has 1 aliphatic rings. The number of ether oxygens (including phenoxy) is 1. The van der Waals surface area contributed by atoms with Gasteiger partial charge in [0.05, 0.1) is 22.3 Å². The third kappa shape index (κ3) is 3.15. The van der Waals surface area contributed by atoms with Gasteiger partial charge < -0.3 is 10.1 Å². The summed E-state index contributed by atoms with van der Waals surface area (Å²) in [6.45, 7) is -0.194. The molecular weight excluding hydrogens is 387 g/mol. The van der Waals surface area contributed by atoms with Crippen molar-refractivity contribution in [1.82, 2.24) is 5.32 Å². The van der Waals surface area contributed by atoms with Crippen LogP contribution in [0.1, 0.15) is 0 Å². The molecule has 3 rings (SSSR count). The van der Waals surface area contributed by atoms with Crippen molar-refractivity contribution < 1.29 is 17.9 Å². The highest BCUT2D eigenvalue weighted by Crippen LogP contribution is 2.39. The van der Waals surface area contributed by atoms with Gasteiger partial charge in [0.2, 0.25) is 0 Å². The van der Waals surface area contributed by atoms with Crippen LogP contribution < -0.4 is 14.4 Å². The normalized spacial score (nSPS) is 16.8. The summed E-state index contributed by atoms with van der Waals surface area (Å²) in [5.41, 5.74) is 0.318. The summed E-state index contributed by atoms with van der Waals surface area (Å²) >= 11 is 12.2. The minimum absolute atomic E-state index is 0.00738. The van der Waals surface area contributed by atoms with Crippen molar-refractivity contribution in [1.29, 1.82) is 0 Å². The van der Waals surface area contributed by atoms with E-state index in [4.69, 9.17) is 27.9 Å². The Morgan fingerprint density at radius 3 is 2.44 bits per heavy atom. The Balaban J connectivity index is 2.16. The molecule has 0 aromatic heterocycles. The zero-order chi connectivity index (χ0) is 18.2. The summed E-state index contributed by atoms with van der Waals surface area (Å²) in [7, 11) is -2.65. The number of halogens is 2. The molecule has 0 radical (unpaired) electrons. The van der Waals surface area contributed by atoms with Gasteiger partial charge in [-0.15, -0.1) is 0 Å². The monoisotopic (exact) mass is 400 g/mol. The fourth-order valence-corrected chi connectivity index (χ4v) is 5.14. The largest absolute Gasteiger partial charge is 0.476 e. The van der Waals surface area contributed by atoms with E-state index in [-0.39, 0.29) is 27.2 Å². The van der Waals surface area contributed by atoms with Crippen molar-refractivity contribution in [3.63, 3.8) is 0 Å². The predicted octanol–water partition coefficient (Wildman–Crippen LogP) is 2.70. The molecule has 6 nitrogen and oxygen atoms in total. The zero-order valence-electron chi connectivity index (χ0n) is 13.1. The van der Waals surface area contributed by atoms with E-state index in [0.29, 0.717) is 5.69 Å². The molecule has 0 aliphatic carbocycles. The number of nitrogens with one attached hydrogen (secondary N) is 1. The Kier molecular flexibility index (Phi) is 4.81. The first-order chi connectivity index (χ1) is 11.9. The van der Waals surface area contributed by atoms with Crippen molar-refractivity contribution in [3.05, 3.63) is 52.5 Å². The van der Waals surface area contributed by atoms with Gasteiger partial charge in [-0.2, -0.15) is 0 Å². The van der Waals surface area contributed by atoms with Crippen molar-refractivity contribution in [2.75, 3.05) is 17.9 Å². The minimum Gasteiger partial charge on any atom is -0.476 e. The number of rotatable bonds is 3. The van der Waals surface area contributed by atoms with Crippen molar-refractivity contribution in [2.24, 2.45) is 0 Å². The van der Waals surface area contributed by atoms with Crippen LogP contribution in [0.25, 0.3) is 0 Å². The lowest BCUT2D eigenvalue weighted by molar-refractivity contribution is -0.127. The highest BCUT2D eigenvalue weighted by molar-refractivity contribution is 7.93. The SMILES string of the molecule is CNC(=O)C1CN(S(=O)(=O)c2c(Cl)cccc2Cl)c2ccccc2O1. The molecule has 9 heteroatoms. The summed E-state index contributed by atoms with van der Waals surface area (Å²) in [5.74, 6) is -0.144. The van der Waals surface area contributed by atoms with Gasteiger partial charge in [-0.25, -0.2) is 8.42 Å². The highest BCUT2D eigenvalue weighted by Gasteiger charge is 2.38. The molecule has 132 valence electrons. The predicted molar refractivity (Wildman–Crippen MR) is 95.9 cm³/mol. The number of benzene rings is 2. The first-order valence-corrected chi connectivity index (χ1v) is 9.50. The number of anilines is 1. The number of carbonyl (C=O) groups is 1. The fraction of sp³-hybridized carbons (Fsp3) is 0.188. The number of sulfonamides is 1. The molecule has 1 heterocycles. The average molecular weight is 401 g/mol. The van der Waals surface area contributed by atoms with E-state index in [2.05, 4.69) is 5.32 Å². The summed E-state index contributed by atoms with van der Waals surface area (Å²) in [6, 6.07) is 11.0. The Morgan fingerprint density at radius 2 is 1.80 bits per heavy atom. The van der Waals surface area contributed by atoms with E-state index in [9.17, 15) is 13.2 Å². The van der Waals surface area contributed by atoms with Gasteiger partial charge in [-0.05, 0) is 24.3 Å². The van der Waals surface area contributed by atoms with E-state index in [0.717, 1.165) is 4.31 Å². The van der Waals surface area contributed by atoms with Crippen molar-refractivity contribution in [2.45, 2.75) is 11.0 Å². The maximum atomic E-state index is 13.2. The van der Waals surface area contributed by atoms with E-state index in [1.54, 1.807) is 30.3 Å². The first kappa shape index (κ1) is 17.8. The molecule has 1 aliphatic heterocycles. The lowest BCUT2D eigenvalue weighted by Gasteiger charge is -2.34. The zero-order valence-corrected chi connectivity index (χ0v) is 15.4. The Hall–Kier alpha value is -1.96. The van der Waals surface area contributed by atoms with Gasteiger partial charge in [-0.3, -0.25) is 9.10 Å². The molecule has 0 saturated heterocycles. The fourth-order valence-electron chi connectivity index (χ4n) is 2.57. The molecule has 0 saturated carbocycles. The van der Waals surface area contributed by atoms with Gasteiger partial charge in [0.25, 0.3) is 15.9 Å². The molecule has 1 N–H and O–H groups in total. The van der Waals surface area contributed by atoms with Crippen LogP contribution in [0.3, 0.4) is 0 Å². The van der Waals surface area contributed by atoms with E-state index >= 15 is 0 Å². The number of fused-ring (bicyclic) bond motifs is 1. The summed E-state index contributed by atoms with van der Waals surface area (Å²) in [4.78, 5) is 11.8. The molecule has 25 heavy (non-hydrogen) atoms. The van der Waals surface area contributed by atoms with Gasteiger partial charge in [-0.1, -0.05) is 41.4 Å². The van der Waals surface area contributed by atoms with Crippen LogP contribution in [0, 0.1) is 0 Å². The van der Waals surface area contributed by atoms with E-state index < -0.39 is 22.0 Å². The smallest absolute Gasteiger partial charge is 0.267 e. The molecule has 0 bridgehead atoms. The summed E-state index contributed by atoms with van der Waals surface area (Å²) in [6.07, 6.45) is -0.990. The second-order valence-electron chi connectivity index (χ2n) is 5.28. The van der Waals surface area contributed by atoms with Gasteiger partial charge in [0.15, 0.2) is 6.10 Å². The highest BCUT2D eigenvalue weighted by atomic mass is 35.5. The van der Waals surface area contributed by atoms with Crippen LogP contribution >= 0.6 is 23.2 Å². The number of amides is 1. The first-order valence-electron chi connectivity index (χ1n) is 7.30. The number of nitrogens with zero attached hydrogens (tertiary/aromatic N) is 1. The molecule has 2 aromatic rings. The topological polar surface area (TPSA) is 75.7 Å². The Bertz CT molecular complexity index is 913. The van der Waals surface area contributed by atoms with Crippen LogP contribution in [0.2, 0.25) is 10.0 Å². The quantitative estimate of drug-likeness (QED) is 0.858. The maximum Gasteiger partial charge on any atom is 0.267 e. The number of carbonyl (C=O) groups excluding carboxylic acids is 1. The number of hydrogen-bond acceptors (Lipinski definition) is 4. The van der Waals surface area contributed by atoms with E-state index in [1.165, 1.54) is 19.2 Å². The molecule has 0 fully saturated rings. The number of hydrogen-bond donors (Lipinski definition) is 1. The second-order valence-corrected chi connectivity index (χ2v) is 7.89. The van der Waals surface area contributed by atoms with Crippen LogP contribution in [-0.4, -0.2) is 34.0 Å². The second kappa shape index (κ2) is 6.74. The van der Waals surface area contributed by atoms with Crippen LogP contribution in [0.4, 0.5) is 5.69 Å². The third-order valence-corrected chi connectivity index (χ3v) is 6.48. The van der Waals surface area contributed by atoms with Gasteiger partial charge in [0, 0.05) is 7.05 Å². The van der Waals surface area contributed by atoms with E-state index in [1.807, 2.05) is 0 Å². The standard InChI is InChI=1S/C16H14Cl2N2O4S/c1-19-16(21)14-9-20(12-7-2-3-8-13(12)24-14)25(22,23)15-10(17)5-4-6-11(15)18/h2-8,14H,9H2,1H3,(H,19,21). The maximum absolute atomic E-state index is 13.2. The Labute approximate surface area is 155 Å². The van der Waals surface area contributed by atoms with Crippen molar-refractivity contribution in [3.8, 4) is 5.75 Å². The molecule has 0 spiro atoms.